The molecule has 2 heterocycles. The second-order valence-corrected chi connectivity index (χ2v) is 15.8. The Morgan fingerprint density at radius 3 is 1.12 bits per heavy atom. The summed E-state index contributed by atoms with van der Waals surface area (Å²) >= 11 is 0. The lowest BCUT2D eigenvalue weighted by Gasteiger charge is -2.15. The Kier molecular flexibility index (Phi) is 8.83. The quantitative estimate of drug-likeness (QED) is 0.155. The fourth-order valence-electron chi connectivity index (χ4n) is 8.69. The van der Waals surface area contributed by atoms with Gasteiger partial charge in [-0.3, -0.25) is 0 Å². The van der Waals surface area contributed by atoms with Crippen LogP contribution in [0.4, 0.5) is 0 Å². The van der Waals surface area contributed by atoms with Gasteiger partial charge in [0.05, 0.1) is 22.1 Å². The molecule has 0 aliphatic heterocycles. The summed E-state index contributed by atoms with van der Waals surface area (Å²) in [7, 11) is 0. The normalized spacial score (nSPS) is 11.8. The third-order valence-corrected chi connectivity index (χ3v) is 11.4. The highest BCUT2D eigenvalue weighted by atomic mass is 15.1. The maximum absolute atomic E-state index is 5.23. The van der Waals surface area contributed by atoms with E-state index in [4.69, 9.17) is 9.97 Å². The van der Waals surface area contributed by atoms with Crippen LogP contribution in [-0.4, -0.2) is 19.1 Å². The average Bonchev–Trinajstić information content (AvgIpc) is 3.86. The minimum atomic E-state index is 0.256. The molecule has 0 saturated heterocycles. The van der Waals surface area contributed by atoms with Gasteiger partial charge in [-0.2, -0.15) is 0 Å². The molecule has 10 aromatic rings. The van der Waals surface area contributed by atoms with Crippen LogP contribution in [0.5, 0.6) is 0 Å². The summed E-state index contributed by atoms with van der Waals surface area (Å²) in [4.78, 5) is 10.5. The molecule has 8 aromatic carbocycles. The van der Waals surface area contributed by atoms with E-state index in [1.54, 1.807) is 0 Å². The molecule has 58 heavy (non-hydrogen) atoms. The van der Waals surface area contributed by atoms with Crippen LogP contribution in [0, 0.1) is 0 Å². The van der Waals surface area contributed by atoms with Crippen LogP contribution in [0.25, 0.3) is 100 Å². The molecule has 0 spiro atoms. The van der Waals surface area contributed by atoms with Gasteiger partial charge in [-0.25, -0.2) is 9.97 Å². The van der Waals surface area contributed by atoms with Crippen molar-refractivity contribution in [2.24, 2.45) is 0 Å². The van der Waals surface area contributed by atoms with Crippen molar-refractivity contribution in [3.8, 4) is 67.3 Å². The van der Waals surface area contributed by atoms with Crippen LogP contribution in [0.1, 0.15) is 39.8 Å². The van der Waals surface area contributed by atoms with Crippen LogP contribution in [0.2, 0.25) is 0 Å². The van der Waals surface area contributed by atoms with Crippen molar-refractivity contribution in [3.63, 3.8) is 0 Å². The summed E-state index contributed by atoms with van der Waals surface area (Å²) in [5, 5.41) is 2.46. The summed E-state index contributed by atoms with van der Waals surface area (Å²) < 4.78 is 4.72. The second-order valence-electron chi connectivity index (χ2n) is 15.8. The Morgan fingerprint density at radius 1 is 0.345 bits per heavy atom. The zero-order valence-corrected chi connectivity index (χ0v) is 33.3. The molecule has 0 amide bonds. The third kappa shape index (κ3) is 6.18. The monoisotopic (exact) mass is 748 g/mol. The fraction of sp³-hybridized carbons (Fsp3) is 0.111. The highest BCUT2D eigenvalue weighted by Crippen LogP contribution is 2.39. The van der Waals surface area contributed by atoms with Gasteiger partial charge in [0.1, 0.15) is 11.6 Å². The molecular weight excluding hydrogens is 705 g/mol. The lowest BCUT2D eigenvalue weighted by Crippen LogP contribution is -2.03. The number of nitrogens with zero attached hydrogens (tertiary/aromatic N) is 4. The van der Waals surface area contributed by atoms with Gasteiger partial charge in [-0.1, -0.05) is 158 Å². The predicted octanol–water partition coefficient (Wildman–Crippen LogP) is 14.7. The minimum absolute atomic E-state index is 0.256. The molecule has 4 heteroatoms. The van der Waals surface area contributed by atoms with Crippen LogP contribution >= 0.6 is 0 Å². The molecule has 0 bridgehead atoms. The lowest BCUT2D eigenvalue weighted by atomic mass is 9.91. The molecule has 0 aliphatic carbocycles. The van der Waals surface area contributed by atoms with Gasteiger partial charge >= 0.3 is 0 Å². The van der Waals surface area contributed by atoms with E-state index >= 15 is 0 Å². The molecule has 4 nitrogen and oxygen atoms in total. The van der Waals surface area contributed by atoms with Crippen molar-refractivity contribution in [2.75, 3.05) is 0 Å². The first-order valence-corrected chi connectivity index (χ1v) is 20.3. The second kappa shape index (κ2) is 14.5. The zero-order chi connectivity index (χ0) is 39.3. The number of hydrogen-bond donors (Lipinski definition) is 0. The highest BCUT2D eigenvalue weighted by Gasteiger charge is 2.19. The maximum Gasteiger partial charge on any atom is 0.141 e. The molecule has 0 aliphatic rings. The number of imidazole rings is 2. The summed E-state index contributed by atoms with van der Waals surface area (Å²) in [6.07, 6.45) is 0. The minimum Gasteiger partial charge on any atom is -0.321 e. The van der Waals surface area contributed by atoms with Crippen LogP contribution in [0.3, 0.4) is 0 Å². The standard InChI is InChI=1S/C54H44N4/c1-35(2)57-50-31-29-44(37-13-7-5-8-14-37)33-48(50)55-53(57)42-25-21-39(22-26-42)46-19-11-17-41-18-12-20-47(52(41)46)40-23-27-43(28-24-40)54-56-49-34-45(38-15-9-6-10-16-38)30-32-51(49)58(54)36(3)4/h5-36H,1-4H3. The van der Waals surface area contributed by atoms with E-state index in [1.807, 2.05) is 0 Å². The molecule has 0 atom stereocenters. The predicted molar refractivity (Wildman–Crippen MR) is 244 cm³/mol. The van der Waals surface area contributed by atoms with Crippen molar-refractivity contribution in [2.45, 2.75) is 39.8 Å². The Morgan fingerprint density at radius 2 is 0.724 bits per heavy atom. The van der Waals surface area contributed by atoms with Gasteiger partial charge in [0.15, 0.2) is 0 Å². The van der Waals surface area contributed by atoms with E-state index in [0.717, 1.165) is 44.8 Å². The summed E-state index contributed by atoms with van der Waals surface area (Å²) in [5.74, 6) is 1.98. The largest absolute Gasteiger partial charge is 0.321 e. The van der Waals surface area contributed by atoms with E-state index in [9.17, 15) is 0 Å². The SMILES string of the molecule is CC(C)n1c(-c2ccc(-c3cccc4cccc(-c5ccc(-c6nc7cc(-c8ccccc8)ccc7n6C(C)C)cc5)c34)cc2)nc2cc(-c3ccccc3)ccc21. The van der Waals surface area contributed by atoms with Gasteiger partial charge in [0.2, 0.25) is 0 Å². The van der Waals surface area contributed by atoms with Crippen molar-refractivity contribution < 1.29 is 0 Å². The molecular formula is C54H44N4. The summed E-state index contributed by atoms with van der Waals surface area (Å²) in [6, 6.07) is 66.1. The van der Waals surface area contributed by atoms with Crippen molar-refractivity contribution in [1.29, 1.82) is 0 Å². The maximum atomic E-state index is 5.23. The number of rotatable bonds is 8. The van der Waals surface area contributed by atoms with E-state index in [-0.39, 0.29) is 12.1 Å². The number of hydrogen-bond acceptors (Lipinski definition) is 2. The number of aromatic nitrogens is 4. The van der Waals surface area contributed by atoms with Crippen LogP contribution < -0.4 is 0 Å². The van der Waals surface area contributed by atoms with Crippen molar-refractivity contribution in [3.05, 3.63) is 182 Å². The first kappa shape index (κ1) is 35.4. The molecule has 280 valence electrons. The Labute approximate surface area is 339 Å². The molecule has 0 N–H and O–H groups in total. The molecule has 0 fully saturated rings. The van der Waals surface area contributed by atoms with Gasteiger partial charge in [-0.05, 0) is 107 Å². The molecule has 10 rings (SSSR count). The van der Waals surface area contributed by atoms with E-state index in [0.29, 0.717) is 0 Å². The fourth-order valence-corrected chi connectivity index (χ4v) is 8.69. The Bertz CT molecular complexity index is 2870. The van der Waals surface area contributed by atoms with Crippen molar-refractivity contribution in [1.82, 2.24) is 19.1 Å². The molecule has 0 unspecified atom stereocenters. The molecule has 2 aromatic heterocycles. The van der Waals surface area contributed by atoms with Gasteiger partial charge in [-0.15, -0.1) is 0 Å². The smallest absolute Gasteiger partial charge is 0.141 e. The van der Waals surface area contributed by atoms with E-state index in [1.165, 1.54) is 55.3 Å². The first-order valence-electron chi connectivity index (χ1n) is 20.3. The van der Waals surface area contributed by atoms with E-state index in [2.05, 4.69) is 219 Å². The molecule has 0 saturated carbocycles. The first-order chi connectivity index (χ1) is 28.4. The van der Waals surface area contributed by atoms with E-state index < -0.39 is 0 Å². The third-order valence-electron chi connectivity index (χ3n) is 11.4. The average molecular weight is 749 g/mol. The Balaban J connectivity index is 1.01. The highest BCUT2D eigenvalue weighted by molar-refractivity contribution is 6.06. The van der Waals surface area contributed by atoms with Gasteiger partial charge in [0.25, 0.3) is 0 Å². The Hall–Kier alpha value is -7.04. The molecule has 0 radical (unpaired) electrons. The number of benzene rings is 8. The van der Waals surface area contributed by atoms with Crippen LogP contribution in [0.15, 0.2) is 182 Å². The van der Waals surface area contributed by atoms with Gasteiger partial charge in [0, 0.05) is 23.2 Å². The lowest BCUT2D eigenvalue weighted by molar-refractivity contribution is 0.624. The van der Waals surface area contributed by atoms with Crippen LogP contribution in [-0.2, 0) is 0 Å². The number of fused-ring (bicyclic) bond motifs is 3. The summed E-state index contributed by atoms with van der Waals surface area (Å²) in [5.41, 5.74) is 16.1. The van der Waals surface area contributed by atoms with Crippen molar-refractivity contribution >= 4 is 32.8 Å². The van der Waals surface area contributed by atoms with Gasteiger partial charge < -0.3 is 9.13 Å². The zero-order valence-electron chi connectivity index (χ0n) is 33.3. The topological polar surface area (TPSA) is 35.6 Å². The summed E-state index contributed by atoms with van der Waals surface area (Å²) in [6.45, 7) is 8.93.